The molecule has 1 aliphatic heterocycles. The van der Waals surface area contributed by atoms with Crippen LogP contribution in [0.25, 0.3) is 11.4 Å². The highest BCUT2D eigenvalue weighted by Crippen LogP contribution is 2.22. The molecular weight excluding hydrogens is 400 g/mol. The van der Waals surface area contributed by atoms with Crippen molar-refractivity contribution >= 4 is 12.3 Å². The molecule has 9 nitrogen and oxygen atoms in total. The van der Waals surface area contributed by atoms with Crippen molar-refractivity contribution in [2.24, 2.45) is 5.73 Å². The van der Waals surface area contributed by atoms with Crippen LogP contribution in [0.1, 0.15) is 29.4 Å². The molecule has 31 heavy (non-hydrogen) atoms. The van der Waals surface area contributed by atoms with Gasteiger partial charge in [0.2, 0.25) is 12.3 Å². The van der Waals surface area contributed by atoms with Crippen LogP contribution >= 0.6 is 0 Å². The van der Waals surface area contributed by atoms with Gasteiger partial charge in [0.05, 0.1) is 13.2 Å². The Hall–Kier alpha value is -3.48. The van der Waals surface area contributed by atoms with Crippen molar-refractivity contribution in [2.75, 3.05) is 26.8 Å². The fraction of sp³-hybridized carbons (Fsp3) is 0.364. The van der Waals surface area contributed by atoms with Gasteiger partial charge in [-0.15, -0.1) is 0 Å². The van der Waals surface area contributed by atoms with Gasteiger partial charge < -0.3 is 25.2 Å². The lowest BCUT2D eigenvalue weighted by molar-refractivity contribution is -0.117. The SMILES string of the molecule is CN(C=O)CCC(C)(O)C#Cc1cccc(-c2nc(OC3COC3)cc(C(N)=O)n2)c1. The number of aromatic nitrogens is 2. The Kier molecular flexibility index (Phi) is 6.84. The van der Waals surface area contributed by atoms with E-state index < -0.39 is 11.5 Å². The summed E-state index contributed by atoms with van der Waals surface area (Å²) >= 11 is 0. The van der Waals surface area contributed by atoms with E-state index in [0.717, 1.165) is 0 Å². The molecule has 0 spiro atoms. The summed E-state index contributed by atoms with van der Waals surface area (Å²) < 4.78 is 10.8. The predicted octanol–water partition coefficient (Wildman–Crippen LogP) is 0.601. The number of carbonyl (C=O) groups is 2. The lowest BCUT2D eigenvalue weighted by atomic mass is 10.0. The van der Waals surface area contributed by atoms with Crippen LogP contribution in [0.5, 0.6) is 5.88 Å². The summed E-state index contributed by atoms with van der Waals surface area (Å²) in [6.07, 6.45) is 0.883. The number of nitrogens with two attached hydrogens (primary N) is 1. The van der Waals surface area contributed by atoms with Crippen molar-refractivity contribution in [3.8, 4) is 29.1 Å². The van der Waals surface area contributed by atoms with Crippen molar-refractivity contribution in [3.63, 3.8) is 0 Å². The van der Waals surface area contributed by atoms with Gasteiger partial charge in [-0.1, -0.05) is 24.0 Å². The fourth-order valence-corrected chi connectivity index (χ4v) is 2.65. The Morgan fingerprint density at radius 2 is 2.19 bits per heavy atom. The minimum absolute atomic E-state index is 0.0407. The van der Waals surface area contributed by atoms with Crippen LogP contribution in [0.2, 0.25) is 0 Å². The molecule has 0 radical (unpaired) electrons. The van der Waals surface area contributed by atoms with Crippen molar-refractivity contribution < 1.29 is 24.2 Å². The maximum Gasteiger partial charge on any atom is 0.267 e. The number of nitrogens with zero attached hydrogens (tertiary/aromatic N) is 3. The Balaban J connectivity index is 1.84. The molecule has 1 saturated heterocycles. The first-order valence-electron chi connectivity index (χ1n) is 9.70. The van der Waals surface area contributed by atoms with Gasteiger partial charge >= 0.3 is 0 Å². The van der Waals surface area contributed by atoms with Crippen LogP contribution in [-0.2, 0) is 9.53 Å². The second-order valence-electron chi connectivity index (χ2n) is 7.50. The first kappa shape index (κ1) is 22.2. The highest BCUT2D eigenvalue weighted by atomic mass is 16.6. The summed E-state index contributed by atoms with van der Waals surface area (Å²) in [5, 5.41) is 10.4. The van der Waals surface area contributed by atoms with E-state index in [9.17, 15) is 14.7 Å². The molecule has 2 heterocycles. The number of amides is 2. The molecule has 1 atom stereocenters. The predicted molar refractivity (Wildman–Crippen MR) is 112 cm³/mol. The number of carbonyl (C=O) groups excluding carboxylic acids is 2. The monoisotopic (exact) mass is 424 g/mol. The number of ether oxygens (including phenoxy) is 2. The van der Waals surface area contributed by atoms with Crippen LogP contribution < -0.4 is 10.5 Å². The second kappa shape index (κ2) is 9.55. The molecule has 1 aromatic carbocycles. The summed E-state index contributed by atoms with van der Waals surface area (Å²) in [6.45, 7) is 2.89. The largest absolute Gasteiger partial charge is 0.469 e. The molecular formula is C22H24N4O5. The average molecular weight is 424 g/mol. The normalized spacial score (nSPS) is 15.1. The number of primary amides is 1. The molecule has 3 N–H and O–H groups in total. The van der Waals surface area contributed by atoms with E-state index in [2.05, 4.69) is 21.8 Å². The van der Waals surface area contributed by atoms with Crippen molar-refractivity contribution in [1.29, 1.82) is 0 Å². The van der Waals surface area contributed by atoms with E-state index in [1.165, 1.54) is 11.0 Å². The minimum Gasteiger partial charge on any atom is -0.469 e. The van der Waals surface area contributed by atoms with Crippen LogP contribution in [0.15, 0.2) is 30.3 Å². The molecule has 2 aromatic rings. The Labute approximate surface area is 180 Å². The molecule has 162 valence electrons. The van der Waals surface area contributed by atoms with Gasteiger partial charge in [-0.25, -0.2) is 4.98 Å². The minimum atomic E-state index is -1.26. The number of aliphatic hydroxyl groups is 1. The van der Waals surface area contributed by atoms with Crippen LogP contribution in [0.4, 0.5) is 0 Å². The lowest BCUT2D eigenvalue weighted by Crippen LogP contribution is -2.38. The van der Waals surface area contributed by atoms with Crippen molar-refractivity contribution in [3.05, 3.63) is 41.6 Å². The van der Waals surface area contributed by atoms with E-state index in [1.54, 1.807) is 38.2 Å². The van der Waals surface area contributed by atoms with Gasteiger partial charge in [-0.2, -0.15) is 4.98 Å². The Bertz CT molecular complexity index is 1020. The third-order valence-corrected chi connectivity index (χ3v) is 4.58. The summed E-state index contributed by atoms with van der Waals surface area (Å²) in [5.41, 5.74) is 5.43. The third kappa shape index (κ3) is 6.25. The number of hydrogen-bond acceptors (Lipinski definition) is 7. The fourth-order valence-electron chi connectivity index (χ4n) is 2.65. The van der Waals surface area contributed by atoms with E-state index in [-0.39, 0.29) is 23.5 Å². The zero-order valence-corrected chi connectivity index (χ0v) is 17.4. The lowest BCUT2D eigenvalue weighted by Gasteiger charge is -2.26. The first-order chi connectivity index (χ1) is 14.8. The molecule has 0 saturated carbocycles. The molecule has 3 rings (SSSR count). The van der Waals surface area contributed by atoms with E-state index in [1.807, 2.05) is 0 Å². The zero-order chi connectivity index (χ0) is 22.4. The van der Waals surface area contributed by atoms with Gasteiger partial charge in [0.15, 0.2) is 5.82 Å². The standard InChI is InChI=1S/C22H24N4O5/c1-22(29,8-9-26(2)14-27)7-6-15-4-3-5-16(10-15)21-24-18(20(23)28)11-19(25-21)31-17-12-30-13-17/h3-5,10-11,14,17,29H,8-9,12-13H2,1-2H3,(H2,23,28). The smallest absolute Gasteiger partial charge is 0.267 e. The quantitative estimate of drug-likeness (QED) is 0.469. The summed E-state index contributed by atoms with van der Waals surface area (Å²) in [5.74, 6) is 5.59. The maximum atomic E-state index is 11.7. The van der Waals surface area contributed by atoms with Gasteiger partial charge in [0.1, 0.15) is 17.4 Å². The molecule has 2 amide bonds. The average Bonchev–Trinajstić information content (AvgIpc) is 2.73. The van der Waals surface area contributed by atoms with Gasteiger partial charge in [0.25, 0.3) is 5.91 Å². The molecule has 1 fully saturated rings. The van der Waals surface area contributed by atoms with Crippen molar-refractivity contribution in [2.45, 2.75) is 25.0 Å². The highest BCUT2D eigenvalue weighted by molar-refractivity contribution is 5.91. The molecule has 0 aliphatic carbocycles. The third-order valence-electron chi connectivity index (χ3n) is 4.58. The van der Waals surface area contributed by atoms with Crippen LogP contribution in [0.3, 0.4) is 0 Å². The molecule has 1 aliphatic rings. The Morgan fingerprint density at radius 1 is 1.42 bits per heavy atom. The second-order valence-corrected chi connectivity index (χ2v) is 7.50. The summed E-state index contributed by atoms with van der Waals surface area (Å²) in [4.78, 5) is 32.4. The highest BCUT2D eigenvalue weighted by Gasteiger charge is 2.22. The molecule has 1 unspecified atom stereocenters. The van der Waals surface area contributed by atoms with E-state index in [0.29, 0.717) is 43.7 Å². The van der Waals surface area contributed by atoms with Crippen LogP contribution in [0, 0.1) is 11.8 Å². The molecule has 0 bridgehead atoms. The molecule has 9 heteroatoms. The van der Waals surface area contributed by atoms with E-state index >= 15 is 0 Å². The number of rotatable bonds is 8. The van der Waals surface area contributed by atoms with Gasteiger partial charge in [-0.3, -0.25) is 9.59 Å². The first-order valence-corrected chi connectivity index (χ1v) is 9.70. The Morgan fingerprint density at radius 3 is 2.84 bits per heavy atom. The van der Waals surface area contributed by atoms with Gasteiger partial charge in [-0.05, 0) is 19.1 Å². The maximum absolute atomic E-state index is 11.7. The topological polar surface area (TPSA) is 128 Å². The van der Waals surface area contributed by atoms with Crippen LogP contribution in [-0.4, -0.2) is 70.8 Å². The zero-order valence-electron chi connectivity index (χ0n) is 17.4. The van der Waals surface area contributed by atoms with E-state index in [4.69, 9.17) is 15.2 Å². The summed E-state index contributed by atoms with van der Waals surface area (Å²) in [6, 6.07) is 8.48. The number of hydrogen-bond donors (Lipinski definition) is 2. The van der Waals surface area contributed by atoms with Crippen molar-refractivity contribution in [1.82, 2.24) is 14.9 Å². The molecule has 1 aromatic heterocycles. The summed E-state index contributed by atoms with van der Waals surface area (Å²) in [7, 11) is 1.64. The van der Waals surface area contributed by atoms with Gasteiger partial charge in [0, 0.05) is 37.2 Å². The number of benzene rings is 1.